The zero-order valence-electron chi connectivity index (χ0n) is 18.5. The van der Waals surface area contributed by atoms with Crippen LogP contribution in [0.25, 0.3) is 22.4 Å². The first kappa shape index (κ1) is 22.7. The molecule has 0 bridgehead atoms. The van der Waals surface area contributed by atoms with Gasteiger partial charge in [0.05, 0.1) is 18.2 Å². The minimum Gasteiger partial charge on any atom is -0.490 e. The van der Waals surface area contributed by atoms with E-state index in [0.29, 0.717) is 35.2 Å². The van der Waals surface area contributed by atoms with Gasteiger partial charge in [-0.05, 0) is 55.3 Å². The molecule has 33 heavy (non-hydrogen) atoms. The molecule has 0 saturated carbocycles. The van der Waals surface area contributed by atoms with E-state index < -0.39 is 5.82 Å². The lowest BCUT2D eigenvalue weighted by molar-refractivity contribution is 0.253. The van der Waals surface area contributed by atoms with E-state index in [2.05, 4.69) is 5.10 Å². The largest absolute Gasteiger partial charge is 0.490 e. The van der Waals surface area contributed by atoms with Gasteiger partial charge in [-0.2, -0.15) is 9.49 Å². The number of aryl methyl sites for hydroxylation is 1. The van der Waals surface area contributed by atoms with Gasteiger partial charge in [0.25, 0.3) is 0 Å². The Kier molecular flexibility index (Phi) is 6.84. The number of nitrogens with zero attached hydrogens (tertiary/aromatic N) is 2. The molecule has 7 heteroatoms. The number of rotatable bonds is 8. The number of hydrogen-bond donors (Lipinski definition) is 1. The average Bonchev–Trinajstić information content (AvgIpc) is 3.10. The lowest BCUT2D eigenvalue weighted by atomic mass is 10.1. The molecule has 2 N–H and O–H groups in total. The second-order valence-electron chi connectivity index (χ2n) is 7.61. The third kappa shape index (κ3) is 5.12. The smallest absolute Gasteiger partial charge is 0.249 e. The SMILES string of the molecule is CCOc1c(F)c(-c2cccc(C)c2)nn1CCOc1ccc(-c2cccc(N)c2)cc1Cl. The van der Waals surface area contributed by atoms with Crippen molar-refractivity contribution in [1.82, 2.24) is 9.78 Å². The van der Waals surface area contributed by atoms with Crippen molar-refractivity contribution in [2.75, 3.05) is 18.9 Å². The molecule has 3 aromatic carbocycles. The Morgan fingerprint density at radius 3 is 2.45 bits per heavy atom. The van der Waals surface area contributed by atoms with Gasteiger partial charge < -0.3 is 15.2 Å². The van der Waals surface area contributed by atoms with Gasteiger partial charge in [0.2, 0.25) is 11.7 Å². The van der Waals surface area contributed by atoms with Crippen LogP contribution in [0.4, 0.5) is 10.1 Å². The fourth-order valence-electron chi connectivity index (χ4n) is 3.59. The van der Waals surface area contributed by atoms with Crippen LogP contribution in [0.5, 0.6) is 11.6 Å². The summed E-state index contributed by atoms with van der Waals surface area (Å²) in [6.45, 7) is 4.63. The van der Waals surface area contributed by atoms with Gasteiger partial charge in [-0.15, -0.1) is 0 Å². The van der Waals surface area contributed by atoms with Crippen LogP contribution in [0.15, 0.2) is 66.7 Å². The molecule has 0 aliphatic heterocycles. The second kappa shape index (κ2) is 9.96. The molecule has 170 valence electrons. The fourth-order valence-corrected chi connectivity index (χ4v) is 3.82. The van der Waals surface area contributed by atoms with Crippen molar-refractivity contribution in [2.24, 2.45) is 0 Å². The molecule has 0 aliphatic carbocycles. The Morgan fingerprint density at radius 2 is 1.73 bits per heavy atom. The molecule has 4 aromatic rings. The number of nitrogens with two attached hydrogens (primary N) is 1. The highest BCUT2D eigenvalue weighted by atomic mass is 35.5. The second-order valence-corrected chi connectivity index (χ2v) is 8.02. The van der Waals surface area contributed by atoms with Gasteiger partial charge in [-0.25, -0.2) is 4.68 Å². The lowest BCUT2D eigenvalue weighted by Crippen LogP contribution is -2.12. The first-order valence-corrected chi connectivity index (χ1v) is 11.1. The topological polar surface area (TPSA) is 62.3 Å². The summed E-state index contributed by atoms with van der Waals surface area (Å²) in [6.07, 6.45) is 0. The van der Waals surface area contributed by atoms with Gasteiger partial charge in [0, 0.05) is 11.3 Å². The predicted octanol–water partition coefficient (Wildman–Crippen LogP) is 6.38. The molecule has 0 saturated heterocycles. The highest BCUT2D eigenvalue weighted by molar-refractivity contribution is 6.32. The minimum atomic E-state index is -0.480. The van der Waals surface area contributed by atoms with Crippen LogP contribution in [-0.2, 0) is 6.54 Å². The average molecular weight is 466 g/mol. The van der Waals surface area contributed by atoms with Crippen LogP contribution in [0, 0.1) is 12.7 Å². The van der Waals surface area contributed by atoms with Crippen molar-refractivity contribution in [3.05, 3.63) is 83.1 Å². The van der Waals surface area contributed by atoms with Crippen LogP contribution >= 0.6 is 11.6 Å². The van der Waals surface area contributed by atoms with Crippen molar-refractivity contribution in [3.8, 4) is 34.0 Å². The normalized spacial score (nSPS) is 10.9. The maximum Gasteiger partial charge on any atom is 0.249 e. The van der Waals surface area contributed by atoms with Crippen LogP contribution < -0.4 is 15.2 Å². The maximum atomic E-state index is 15.1. The van der Waals surface area contributed by atoms with Crippen LogP contribution in [0.3, 0.4) is 0 Å². The molecular formula is C26H25ClFN3O2. The molecule has 0 radical (unpaired) electrons. The summed E-state index contributed by atoms with van der Waals surface area (Å²) in [5, 5.41) is 4.93. The number of benzene rings is 3. The van der Waals surface area contributed by atoms with Crippen molar-refractivity contribution < 1.29 is 13.9 Å². The van der Waals surface area contributed by atoms with Crippen LogP contribution in [-0.4, -0.2) is 23.0 Å². The Morgan fingerprint density at radius 1 is 0.970 bits per heavy atom. The van der Waals surface area contributed by atoms with E-state index in [-0.39, 0.29) is 18.2 Å². The van der Waals surface area contributed by atoms with Gasteiger partial charge in [0.15, 0.2) is 0 Å². The zero-order chi connectivity index (χ0) is 23.4. The van der Waals surface area contributed by atoms with Crippen LogP contribution in [0.2, 0.25) is 5.02 Å². The summed E-state index contributed by atoms with van der Waals surface area (Å²) in [7, 11) is 0. The maximum absolute atomic E-state index is 15.1. The van der Waals surface area contributed by atoms with Crippen LogP contribution in [0.1, 0.15) is 12.5 Å². The Bertz CT molecular complexity index is 1270. The van der Waals surface area contributed by atoms with E-state index in [1.807, 2.05) is 73.7 Å². The van der Waals surface area contributed by atoms with Crippen molar-refractivity contribution in [3.63, 3.8) is 0 Å². The van der Waals surface area contributed by atoms with Crippen molar-refractivity contribution >= 4 is 17.3 Å². The molecule has 4 rings (SSSR count). The van der Waals surface area contributed by atoms with E-state index in [1.165, 1.54) is 4.68 Å². The summed E-state index contributed by atoms with van der Waals surface area (Å²) in [5.74, 6) is 0.154. The molecule has 5 nitrogen and oxygen atoms in total. The van der Waals surface area contributed by atoms with E-state index >= 15 is 4.39 Å². The number of halogens is 2. The van der Waals surface area contributed by atoms with E-state index in [0.717, 1.165) is 16.7 Å². The van der Waals surface area contributed by atoms with Gasteiger partial charge in [-0.1, -0.05) is 53.6 Å². The molecule has 0 atom stereocenters. The lowest BCUT2D eigenvalue weighted by Gasteiger charge is -2.11. The summed E-state index contributed by atoms with van der Waals surface area (Å²) in [5.41, 5.74) is 10.5. The zero-order valence-corrected chi connectivity index (χ0v) is 19.3. The Hall–Kier alpha value is -3.51. The van der Waals surface area contributed by atoms with Gasteiger partial charge in [-0.3, -0.25) is 0 Å². The summed E-state index contributed by atoms with van der Waals surface area (Å²) in [6, 6.07) is 20.7. The Balaban J connectivity index is 1.50. The quantitative estimate of drug-likeness (QED) is 0.307. The number of hydrogen-bond acceptors (Lipinski definition) is 4. The van der Waals surface area contributed by atoms with E-state index in [4.69, 9.17) is 26.8 Å². The minimum absolute atomic E-state index is 0.0979. The number of nitrogen functional groups attached to an aromatic ring is 1. The fraction of sp³-hybridized carbons (Fsp3) is 0.192. The molecule has 1 aromatic heterocycles. The van der Waals surface area contributed by atoms with Crippen molar-refractivity contribution in [1.29, 1.82) is 0 Å². The highest BCUT2D eigenvalue weighted by Crippen LogP contribution is 2.32. The number of anilines is 1. The molecule has 0 unspecified atom stereocenters. The third-order valence-corrected chi connectivity index (χ3v) is 5.43. The molecule has 0 spiro atoms. The molecule has 0 aliphatic rings. The molecular weight excluding hydrogens is 441 g/mol. The molecule has 0 amide bonds. The third-order valence-electron chi connectivity index (χ3n) is 5.14. The van der Waals surface area contributed by atoms with E-state index in [1.54, 1.807) is 6.92 Å². The molecule has 1 heterocycles. The standard InChI is InChI=1S/C26H25ClFN3O2/c1-3-32-26-24(28)25(20-8-4-6-17(2)14-20)30-31(26)12-13-33-23-11-10-19(16-22(23)27)18-7-5-9-21(29)15-18/h4-11,14-16H,3,12-13,29H2,1-2H3. The van der Waals surface area contributed by atoms with E-state index in [9.17, 15) is 0 Å². The summed E-state index contributed by atoms with van der Waals surface area (Å²) in [4.78, 5) is 0. The van der Waals surface area contributed by atoms with Gasteiger partial charge >= 0.3 is 0 Å². The number of ether oxygens (including phenoxy) is 2. The molecule has 0 fully saturated rings. The number of aromatic nitrogens is 2. The first-order chi connectivity index (χ1) is 16.0. The first-order valence-electron chi connectivity index (χ1n) is 10.7. The predicted molar refractivity (Wildman–Crippen MR) is 130 cm³/mol. The summed E-state index contributed by atoms with van der Waals surface area (Å²) >= 11 is 6.44. The summed E-state index contributed by atoms with van der Waals surface area (Å²) < 4.78 is 28.0. The van der Waals surface area contributed by atoms with Gasteiger partial charge in [0.1, 0.15) is 18.1 Å². The monoisotopic (exact) mass is 465 g/mol. The highest BCUT2D eigenvalue weighted by Gasteiger charge is 2.21. The Labute approximate surface area is 197 Å². The van der Waals surface area contributed by atoms with Crippen molar-refractivity contribution in [2.45, 2.75) is 20.4 Å².